The highest BCUT2D eigenvalue weighted by Gasteiger charge is 2.13. The summed E-state index contributed by atoms with van der Waals surface area (Å²) in [5.74, 6) is -1.94. The molecule has 0 saturated carbocycles. The number of aliphatic hydroxyl groups excluding tert-OH is 1. The van der Waals surface area contributed by atoms with Gasteiger partial charge in [0.25, 0.3) is 0 Å². The molecule has 0 fully saturated rings. The Bertz CT molecular complexity index is 602. The van der Waals surface area contributed by atoms with Gasteiger partial charge >= 0.3 is 0 Å². The van der Waals surface area contributed by atoms with E-state index in [1.54, 1.807) is 18.2 Å². The smallest absolute Gasteiger partial charge is 0.159 e. The molecule has 19 heavy (non-hydrogen) atoms. The lowest BCUT2D eigenvalue weighted by Crippen LogP contribution is -2.03. The Labute approximate surface area is 119 Å². The van der Waals surface area contributed by atoms with E-state index in [9.17, 15) is 13.9 Å². The van der Waals surface area contributed by atoms with Crippen molar-refractivity contribution < 1.29 is 13.9 Å². The predicted molar refractivity (Wildman–Crippen MR) is 71.5 cm³/mol. The van der Waals surface area contributed by atoms with Crippen LogP contribution in [0.1, 0.15) is 17.2 Å². The van der Waals surface area contributed by atoms with Crippen molar-refractivity contribution in [2.45, 2.75) is 12.5 Å². The van der Waals surface area contributed by atoms with Gasteiger partial charge in [-0.05, 0) is 41.5 Å². The van der Waals surface area contributed by atoms with Gasteiger partial charge in [-0.25, -0.2) is 8.78 Å². The molecule has 0 aromatic heterocycles. The molecule has 0 saturated heterocycles. The van der Waals surface area contributed by atoms with E-state index < -0.39 is 17.7 Å². The Balaban J connectivity index is 2.22. The molecule has 1 nitrogen and oxygen atoms in total. The lowest BCUT2D eigenvalue weighted by molar-refractivity contribution is 0.178. The molecule has 5 heteroatoms. The third kappa shape index (κ3) is 3.44. The van der Waals surface area contributed by atoms with Crippen LogP contribution in [0.2, 0.25) is 10.0 Å². The van der Waals surface area contributed by atoms with E-state index in [1.807, 2.05) is 0 Å². The molecule has 0 aliphatic rings. The van der Waals surface area contributed by atoms with Gasteiger partial charge in [0.1, 0.15) is 0 Å². The van der Waals surface area contributed by atoms with Gasteiger partial charge < -0.3 is 5.11 Å². The molecule has 0 heterocycles. The zero-order valence-corrected chi connectivity index (χ0v) is 11.2. The van der Waals surface area contributed by atoms with Gasteiger partial charge in [0, 0.05) is 16.5 Å². The molecule has 0 aliphatic carbocycles. The summed E-state index contributed by atoms with van der Waals surface area (Å²) in [4.78, 5) is 0. The van der Waals surface area contributed by atoms with Crippen LogP contribution in [0.25, 0.3) is 0 Å². The summed E-state index contributed by atoms with van der Waals surface area (Å²) in [6, 6.07) is 8.18. The Hall–Kier alpha value is -1.16. The molecular weight excluding hydrogens is 293 g/mol. The van der Waals surface area contributed by atoms with Crippen LogP contribution < -0.4 is 0 Å². The number of halogens is 4. The summed E-state index contributed by atoms with van der Waals surface area (Å²) in [5.41, 5.74) is 0.932. The number of hydrogen-bond donors (Lipinski definition) is 1. The van der Waals surface area contributed by atoms with E-state index in [1.165, 1.54) is 6.07 Å². The molecule has 0 bridgehead atoms. The second kappa shape index (κ2) is 5.87. The van der Waals surface area contributed by atoms with Gasteiger partial charge in [-0.15, -0.1) is 0 Å². The highest BCUT2D eigenvalue weighted by atomic mass is 35.5. The molecule has 100 valence electrons. The molecule has 1 atom stereocenters. The fourth-order valence-corrected chi connectivity index (χ4v) is 2.13. The summed E-state index contributed by atoms with van der Waals surface area (Å²) >= 11 is 11.8. The highest BCUT2D eigenvalue weighted by Crippen LogP contribution is 2.26. The van der Waals surface area contributed by atoms with Gasteiger partial charge in [0.05, 0.1) is 6.10 Å². The first-order valence-electron chi connectivity index (χ1n) is 5.54. The van der Waals surface area contributed by atoms with E-state index in [0.717, 1.165) is 12.1 Å². The van der Waals surface area contributed by atoms with Crippen LogP contribution in [0.15, 0.2) is 36.4 Å². The predicted octanol–water partition coefficient (Wildman–Crippen LogP) is 4.55. The lowest BCUT2D eigenvalue weighted by atomic mass is 10.0. The molecule has 0 radical (unpaired) electrons. The van der Waals surface area contributed by atoms with E-state index in [-0.39, 0.29) is 12.0 Å². The fraction of sp³-hybridized carbons (Fsp3) is 0.143. The minimum absolute atomic E-state index is 0.171. The average molecular weight is 303 g/mol. The van der Waals surface area contributed by atoms with E-state index in [4.69, 9.17) is 23.2 Å². The second-order valence-corrected chi connectivity index (χ2v) is 4.97. The first kappa shape index (κ1) is 14.3. The molecule has 0 amide bonds. The van der Waals surface area contributed by atoms with Crippen LogP contribution in [0.5, 0.6) is 0 Å². The van der Waals surface area contributed by atoms with Crippen molar-refractivity contribution >= 4 is 23.2 Å². The summed E-state index contributed by atoms with van der Waals surface area (Å²) < 4.78 is 25.9. The maximum absolute atomic E-state index is 13.1. The lowest BCUT2D eigenvalue weighted by Gasteiger charge is -2.12. The quantitative estimate of drug-likeness (QED) is 0.882. The number of benzene rings is 2. The third-order valence-corrected chi connectivity index (χ3v) is 3.35. The van der Waals surface area contributed by atoms with Crippen molar-refractivity contribution in [2.24, 2.45) is 0 Å². The second-order valence-electron chi connectivity index (χ2n) is 4.13. The summed E-state index contributed by atoms with van der Waals surface area (Å²) in [6.07, 6.45) is -0.809. The molecule has 2 aromatic carbocycles. The summed E-state index contributed by atoms with van der Waals surface area (Å²) in [6.45, 7) is 0. The average Bonchev–Trinajstić information content (AvgIpc) is 2.37. The molecular formula is C14H10Cl2F2O. The van der Waals surface area contributed by atoms with Gasteiger partial charge in [-0.1, -0.05) is 29.3 Å². The van der Waals surface area contributed by atoms with E-state index in [2.05, 4.69) is 0 Å². The van der Waals surface area contributed by atoms with Crippen LogP contribution in [-0.2, 0) is 6.42 Å². The first-order valence-corrected chi connectivity index (χ1v) is 6.30. The van der Waals surface area contributed by atoms with Crippen molar-refractivity contribution in [3.63, 3.8) is 0 Å². The van der Waals surface area contributed by atoms with Crippen molar-refractivity contribution in [3.05, 3.63) is 69.2 Å². The molecule has 0 aliphatic heterocycles. The van der Waals surface area contributed by atoms with Gasteiger partial charge in [0.2, 0.25) is 0 Å². The Morgan fingerprint density at radius 2 is 1.74 bits per heavy atom. The minimum Gasteiger partial charge on any atom is -0.388 e. The first-order chi connectivity index (χ1) is 8.97. The molecule has 2 aromatic rings. The number of hydrogen-bond acceptors (Lipinski definition) is 1. The van der Waals surface area contributed by atoms with Crippen molar-refractivity contribution in [3.8, 4) is 0 Å². The van der Waals surface area contributed by atoms with Gasteiger partial charge in [0.15, 0.2) is 11.6 Å². The fourth-order valence-electron chi connectivity index (χ4n) is 1.75. The Morgan fingerprint density at radius 1 is 1.00 bits per heavy atom. The van der Waals surface area contributed by atoms with Crippen LogP contribution in [-0.4, -0.2) is 5.11 Å². The molecule has 1 unspecified atom stereocenters. The standard InChI is InChI=1S/C14H10Cl2F2O/c15-10-2-3-11(16)9(5-10)7-14(19)8-1-4-12(17)13(18)6-8/h1-6,14,19H,7H2. The largest absolute Gasteiger partial charge is 0.388 e. The van der Waals surface area contributed by atoms with Crippen LogP contribution in [0, 0.1) is 11.6 Å². The molecule has 2 rings (SSSR count). The zero-order chi connectivity index (χ0) is 14.0. The van der Waals surface area contributed by atoms with Crippen molar-refractivity contribution in [1.29, 1.82) is 0 Å². The van der Waals surface area contributed by atoms with E-state index in [0.29, 0.717) is 15.6 Å². The topological polar surface area (TPSA) is 20.2 Å². The molecule has 1 N–H and O–H groups in total. The van der Waals surface area contributed by atoms with Crippen molar-refractivity contribution in [1.82, 2.24) is 0 Å². The molecule has 0 spiro atoms. The summed E-state index contributed by atoms with van der Waals surface area (Å²) in [7, 11) is 0. The maximum atomic E-state index is 13.1. The minimum atomic E-state index is -0.992. The maximum Gasteiger partial charge on any atom is 0.159 e. The van der Waals surface area contributed by atoms with E-state index >= 15 is 0 Å². The number of aliphatic hydroxyl groups is 1. The van der Waals surface area contributed by atoms with Crippen LogP contribution >= 0.6 is 23.2 Å². The van der Waals surface area contributed by atoms with Gasteiger partial charge in [-0.2, -0.15) is 0 Å². The summed E-state index contributed by atoms with van der Waals surface area (Å²) in [5, 5.41) is 11.0. The van der Waals surface area contributed by atoms with Crippen LogP contribution in [0.3, 0.4) is 0 Å². The Morgan fingerprint density at radius 3 is 2.42 bits per heavy atom. The van der Waals surface area contributed by atoms with Crippen LogP contribution in [0.4, 0.5) is 8.78 Å². The number of rotatable bonds is 3. The zero-order valence-electron chi connectivity index (χ0n) is 9.71. The normalized spacial score (nSPS) is 12.5. The highest BCUT2D eigenvalue weighted by molar-refractivity contribution is 6.33. The van der Waals surface area contributed by atoms with Gasteiger partial charge in [-0.3, -0.25) is 0 Å². The Kier molecular flexibility index (Phi) is 4.40. The van der Waals surface area contributed by atoms with Crippen molar-refractivity contribution in [2.75, 3.05) is 0 Å². The third-order valence-electron chi connectivity index (χ3n) is 2.75. The SMILES string of the molecule is OC(Cc1cc(Cl)ccc1Cl)c1ccc(F)c(F)c1. The monoisotopic (exact) mass is 302 g/mol.